The molecule has 0 aliphatic heterocycles. The summed E-state index contributed by atoms with van der Waals surface area (Å²) in [7, 11) is -4.52. The molecule has 4 nitrogen and oxygen atoms in total. The number of terminal acetylenes is 1. The van der Waals surface area contributed by atoms with Crippen molar-refractivity contribution in [2.75, 3.05) is 5.75 Å². The van der Waals surface area contributed by atoms with Crippen molar-refractivity contribution in [1.29, 1.82) is 0 Å². The van der Waals surface area contributed by atoms with E-state index >= 15 is 0 Å². The van der Waals surface area contributed by atoms with Crippen LogP contribution in [-0.4, -0.2) is 30.5 Å². The molecular weight excluding hydrogens is 319 g/mol. The third-order valence-electron chi connectivity index (χ3n) is 2.58. The lowest BCUT2D eigenvalue weighted by molar-refractivity contribution is -0.130. The summed E-state index contributed by atoms with van der Waals surface area (Å²) in [6.45, 7) is 0. The monoisotopic (exact) mass is 333 g/mol. The first-order valence-electron chi connectivity index (χ1n) is 5.67. The molecule has 0 aromatic carbocycles. The van der Waals surface area contributed by atoms with E-state index in [0.717, 1.165) is 0 Å². The molecule has 0 saturated carbocycles. The van der Waals surface area contributed by atoms with Crippen LogP contribution in [-0.2, 0) is 14.6 Å². The number of nitrogens with two attached hydrogens (primary N) is 1. The van der Waals surface area contributed by atoms with E-state index in [1.807, 2.05) is 0 Å². The van der Waals surface area contributed by atoms with E-state index in [4.69, 9.17) is 23.8 Å². The van der Waals surface area contributed by atoms with Crippen molar-refractivity contribution in [3.63, 3.8) is 0 Å². The smallest absolute Gasteiger partial charge is 0.367 e. The van der Waals surface area contributed by atoms with E-state index in [-0.39, 0.29) is 12.8 Å². The van der Waals surface area contributed by atoms with Gasteiger partial charge in [-0.3, -0.25) is 4.79 Å². The zero-order chi connectivity index (χ0) is 16.0. The molecule has 1 amide bonds. The molecule has 0 rings (SSSR count). The summed E-state index contributed by atoms with van der Waals surface area (Å²) in [6.07, 6.45) is -0.704. The molecule has 0 bridgehead atoms. The van der Waals surface area contributed by atoms with E-state index in [1.54, 1.807) is 0 Å². The molecule has 9 heteroatoms. The summed E-state index contributed by atoms with van der Waals surface area (Å²) < 4.78 is 57.4. The highest BCUT2D eigenvalue weighted by Gasteiger charge is 2.48. The molecule has 0 heterocycles. The summed E-state index contributed by atoms with van der Waals surface area (Å²) in [5.74, 6) is -0.343. The second kappa shape index (κ2) is 7.18. The molecule has 0 spiro atoms. The highest BCUT2D eigenvalue weighted by Crippen LogP contribution is 2.32. The first-order chi connectivity index (χ1) is 8.96. The molecular formula is C11H15ClF3NO3S. The van der Waals surface area contributed by atoms with Gasteiger partial charge in [-0.1, -0.05) is 11.6 Å². The Morgan fingerprint density at radius 1 is 1.25 bits per heavy atom. The second-order valence-corrected chi connectivity index (χ2v) is 7.39. The standard InChI is InChI=1S/C11H15ClF3NO3S/c1-2-3-4-5-6-10(12,9(16)17)20(18,19)8-7-11(13,14)15/h1H,3-8H2,(H2,16,17). The van der Waals surface area contributed by atoms with E-state index in [1.165, 1.54) is 0 Å². The molecule has 116 valence electrons. The minimum Gasteiger partial charge on any atom is -0.367 e. The molecule has 20 heavy (non-hydrogen) atoms. The van der Waals surface area contributed by atoms with Crippen LogP contribution in [0.5, 0.6) is 0 Å². The second-order valence-electron chi connectivity index (χ2n) is 4.19. The Hall–Kier alpha value is -0.940. The molecule has 2 N–H and O–H groups in total. The fraction of sp³-hybridized carbons (Fsp3) is 0.727. The van der Waals surface area contributed by atoms with Gasteiger partial charge < -0.3 is 5.73 Å². The van der Waals surface area contributed by atoms with Gasteiger partial charge in [0.15, 0.2) is 9.84 Å². The van der Waals surface area contributed by atoms with Gasteiger partial charge in [0.05, 0.1) is 12.2 Å². The van der Waals surface area contributed by atoms with Crippen molar-refractivity contribution >= 4 is 27.3 Å². The summed E-state index contributed by atoms with van der Waals surface area (Å²) in [5, 5.41) is 0. The number of primary amides is 1. The number of amides is 1. The van der Waals surface area contributed by atoms with Crippen molar-refractivity contribution in [2.24, 2.45) is 5.73 Å². The number of halogens is 4. The number of carbonyl (C=O) groups excluding carboxylic acids is 1. The number of alkyl halides is 4. The maximum Gasteiger partial charge on any atom is 0.390 e. The van der Waals surface area contributed by atoms with Gasteiger partial charge in [0.2, 0.25) is 4.21 Å². The van der Waals surface area contributed by atoms with Crippen LogP contribution in [0.2, 0.25) is 0 Å². The molecule has 0 aliphatic carbocycles. The Kier molecular flexibility index (Phi) is 6.84. The van der Waals surface area contributed by atoms with Crippen LogP contribution >= 0.6 is 11.6 Å². The normalized spacial score (nSPS) is 15.3. The van der Waals surface area contributed by atoms with Gasteiger partial charge in [-0.15, -0.1) is 12.3 Å². The van der Waals surface area contributed by atoms with Gasteiger partial charge in [0, 0.05) is 6.42 Å². The first kappa shape index (κ1) is 19.1. The summed E-state index contributed by atoms with van der Waals surface area (Å²) in [5.41, 5.74) is 4.94. The van der Waals surface area contributed by atoms with Crippen molar-refractivity contribution in [3.05, 3.63) is 0 Å². The molecule has 0 aromatic heterocycles. The van der Waals surface area contributed by atoms with Crippen molar-refractivity contribution in [2.45, 2.75) is 42.5 Å². The topological polar surface area (TPSA) is 77.2 Å². The minimum atomic E-state index is -4.66. The van der Waals surface area contributed by atoms with E-state index in [2.05, 4.69) is 5.92 Å². The molecule has 0 aliphatic rings. The summed E-state index contributed by atoms with van der Waals surface area (Å²) in [4.78, 5) is 11.2. The quantitative estimate of drug-likeness (QED) is 0.419. The van der Waals surface area contributed by atoms with E-state index < -0.39 is 38.3 Å². The molecule has 1 atom stereocenters. The molecule has 1 unspecified atom stereocenters. The van der Waals surface area contributed by atoms with Crippen LogP contribution in [0, 0.1) is 12.3 Å². The van der Waals surface area contributed by atoms with Gasteiger partial charge in [0.1, 0.15) is 0 Å². The Bertz CT molecular complexity index is 484. The Labute approximate surface area is 120 Å². The Morgan fingerprint density at radius 2 is 1.80 bits per heavy atom. The number of rotatable bonds is 8. The third-order valence-corrected chi connectivity index (χ3v) is 5.80. The van der Waals surface area contributed by atoms with Crippen molar-refractivity contribution in [1.82, 2.24) is 0 Å². The highest BCUT2D eigenvalue weighted by molar-refractivity contribution is 7.95. The first-order valence-corrected chi connectivity index (χ1v) is 7.70. The number of carbonyl (C=O) groups is 1. The van der Waals surface area contributed by atoms with Crippen LogP contribution in [0.3, 0.4) is 0 Å². The number of unbranched alkanes of at least 4 members (excludes halogenated alkanes) is 2. The van der Waals surface area contributed by atoms with Crippen LogP contribution < -0.4 is 5.73 Å². The van der Waals surface area contributed by atoms with Crippen LogP contribution in [0.25, 0.3) is 0 Å². The van der Waals surface area contributed by atoms with Gasteiger partial charge in [-0.05, 0) is 19.3 Å². The lowest BCUT2D eigenvalue weighted by atomic mass is 10.1. The largest absolute Gasteiger partial charge is 0.390 e. The number of hydrogen-bond donors (Lipinski definition) is 1. The lowest BCUT2D eigenvalue weighted by Crippen LogP contribution is -2.47. The predicted octanol–water partition coefficient (Wildman–Crippen LogP) is 1.97. The molecule has 0 fully saturated rings. The van der Waals surface area contributed by atoms with Gasteiger partial charge in [0.25, 0.3) is 5.91 Å². The molecule has 0 radical (unpaired) electrons. The maximum absolute atomic E-state index is 12.1. The van der Waals surface area contributed by atoms with Gasteiger partial charge in [-0.25, -0.2) is 8.42 Å². The SMILES string of the molecule is C#CCCCCC(Cl)(C(N)=O)S(=O)(=O)CCC(F)(F)F. The zero-order valence-corrected chi connectivity index (χ0v) is 12.1. The van der Waals surface area contributed by atoms with Crippen molar-refractivity contribution in [3.8, 4) is 12.3 Å². The van der Waals surface area contributed by atoms with Crippen LogP contribution in [0.15, 0.2) is 0 Å². The number of hydrogen-bond acceptors (Lipinski definition) is 3. The molecule has 0 saturated heterocycles. The average molecular weight is 334 g/mol. The van der Waals surface area contributed by atoms with Crippen LogP contribution in [0.1, 0.15) is 32.1 Å². The average Bonchev–Trinajstić information content (AvgIpc) is 2.30. The fourth-order valence-electron chi connectivity index (χ4n) is 1.42. The summed E-state index contributed by atoms with van der Waals surface area (Å²) >= 11 is 5.69. The van der Waals surface area contributed by atoms with E-state index in [0.29, 0.717) is 12.8 Å². The number of sulfone groups is 1. The Balaban J connectivity index is 4.96. The molecule has 0 aromatic rings. The van der Waals surface area contributed by atoms with Gasteiger partial charge in [-0.2, -0.15) is 13.2 Å². The van der Waals surface area contributed by atoms with Crippen LogP contribution in [0.4, 0.5) is 13.2 Å². The maximum atomic E-state index is 12.1. The third kappa shape index (κ3) is 5.59. The Morgan fingerprint density at radius 3 is 2.20 bits per heavy atom. The predicted molar refractivity (Wildman–Crippen MR) is 69.5 cm³/mol. The zero-order valence-electron chi connectivity index (χ0n) is 10.5. The highest BCUT2D eigenvalue weighted by atomic mass is 35.5. The van der Waals surface area contributed by atoms with Crippen molar-refractivity contribution < 1.29 is 26.4 Å². The summed E-state index contributed by atoms with van der Waals surface area (Å²) in [6, 6.07) is 0. The fourth-order valence-corrected chi connectivity index (χ4v) is 3.37. The minimum absolute atomic E-state index is 0.169. The van der Waals surface area contributed by atoms with E-state index in [9.17, 15) is 26.4 Å². The van der Waals surface area contributed by atoms with Gasteiger partial charge >= 0.3 is 6.18 Å². The lowest BCUT2D eigenvalue weighted by Gasteiger charge is -2.23.